The zero-order chi connectivity index (χ0) is 16.8. The number of hydrogen-bond acceptors (Lipinski definition) is 1. The molecule has 1 aliphatic heterocycles. The minimum Gasteiger partial charge on any atom is -0.300 e. The highest BCUT2D eigenvalue weighted by atomic mass is 35.5. The molecule has 0 N–H and O–H groups in total. The molecule has 1 heterocycles. The molecule has 0 spiro atoms. The van der Waals surface area contributed by atoms with Gasteiger partial charge in [-0.1, -0.05) is 66.9 Å². The first-order chi connectivity index (χ1) is 11.7. The first-order valence-electron chi connectivity index (χ1n) is 8.98. The summed E-state index contributed by atoms with van der Waals surface area (Å²) in [6.45, 7) is 5.79. The SMILES string of the molecule is CC(=CCN1CCCCCC1)c1ccc(-c2ccc(Cl)cc2)cc1. The van der Waals surface area contributed by atoms with Crippen molar-refractivity contribution in [3.63, 3.8) is 0 Å². The van der Waals surface area contributed by atoms with Gasteiger partial charge < -0.3 is 0 Å². The number of hydrogen-bond donors (Lipinski definition) is 0. The Morgan fingerprint density at radius 1 is 0.875 bits per heavy atom. The minimum absolute atomic E-state index is 0.780. The Kier molecular flexibility index (Phi) is 6.12. The van der Waals surface area contributed by atoms with E-state index in [1.165, 1.54) is 61.0 Å². The number of benzene rings is 2. The first-order valence-corrected chi connectivity index (χ1v) is 9.36. The summed E-state index contributed by atoms with van der Waals surface area (Å²) in [7, 11) is 0. The maximum absolute atomic E-state index is 5.96. The van der Waals surface area contributed by atoms with Gasteiger partial charge in [0.25, 0.3) is 0 Å². The van der Waals surface area contributed by atoms with Crippen LogP contribution in [0.4, 0.5) is 0 Å². The Morgan fingerprint density at radius 2 is 1.42 bits per heavy atom. The highest BCUT2D eigenvalue weighted by Gasteiger charge is 2.07. The van der Waals surface area contributed by atoms with Crippen LogP contribution in [-0.2, 0) is 0 Å². The third-order valence-corrected chi connectivity index (χ3v) is 5.12. The average Bonchev–Trinajstić information content (AvgIpc) is 2.89. The summed E-state index contributed by atoms with van der Waals surface area (Å²) in [6, 6.07) is 16.9. The van der Waals surface area contributed by atoms with Gasteiger partial charge in [-0.3, -0.25) is 4.90 Å². The predicted octanol–water partition coefficient (Wildman–Crippen LogP) is 6.29. The lowest BCUT2D eigenvalue weighted by atomic mass is 10.0. The molecular weight excluding hydrogens is 314 g/mol. The third kappa shape index (κ3) is 4.72. The lowest BCUT2D eigenvalue weighted by Crippen LogP contribution is -2.24. The Hall–Kier alpha value is -1.57. The third-order valence-electron chi connectivity index (χ3n) is 4.87. The molecule has 1 saturated heterocycles. The number of halogens is 1. The molecule has 0 aromatic heterocycles. The maximum atomic E-state index is 5.96. The summed E-state index contributed by atoms with van der Waals surface area (Å²) in [4.78, 5) is 2.58. The molecule has 126 valence electrons. The van der Waals surface area contributed by atoms with Crippen molar-refractivity contribution in [3.05, 3.63) is 65.2 Å². The van der Waals surface area contributed by atoms with Crippen LogP contribution in [-0.4, -0.2) is 24.5 Å². The van der Waals surface area contributed by atoms with E-state index in [9.17, 15) is 0 Å². The van der Waals surface area contributed by atoms with Crippen molar-refractivity contribution in [2.75, 3.05) is 19.6 Å². The predicted molar refractivity (Wildman–Crippen MR) is 105 cm³/mol. The van der Waals surface area contributed by atoms with E-state index >= 15 is 0 Å². The van der Waals surface area contributed by atoms with Gasteiger partial charge in [-0.05, 0) is 67.3 Å². The summed E-state index contributed by atoms with van der Waals surface area (Å²) in [5.41, 5.74) is 5.11. The summed E-state index contributed by atoms with van der Waals surface area (Å²) < 4.78 is 0. The molecule has 2 heteroatoms. The molecule has 1 fully saturated rings. The number of rotatable bonds is 4. The van der Waals surface area contributed by atoms with E-state index < -0.39 is 0 Å². The van der Waals surface area contributed by atoms with Crippen molar-refractivity contribution >= 4 is 17.2 Å². The summed E-state index contributed by atoms with van der Waals surface area (Å²) >= 11 is 5.96. The second-order valence-electron chi connectivity index (χ2n) is 6.69. The second-order valence-corrected chi connectivity index (χ2v) is 7.12. The molecule has 2 aromatic carbocycles. The largest absolute Gasteiger partial charge is 0.300 e. The molecule has 0 unspecified atom stereocenters. The number of likely N-dealkylation sites (tertiary alicyclic amines) is 1. The fourth-order valence-electron chi connectivity index (χ4n) is 3.27. The standard InChI is InChI=1S/C22H26ClN/c1-18(14-17-24-15-4-2-3-5-16-24)19-6-8-20(9-7-19)21-10-12-22(23)13-11-21/h6-14H,2-5,15-17H2,1H3. The van der Waals surface area contributed by atoms with Crippen molar-refractivity contribution in [1.82, 2.24) is 4.90 Å². The first kappa shape index (κ1) is 17.3. The Labute approximate surface area is 151 Å². The Balaban J connectivity index is 1.65. The van der Waals surface area contributed by atoms with Crippen molar-refractivity contribution < 1.29 is 0 Å². The summed E-state index contributed by atoms with van der Waals surface area (Å²) in [6.07, 6.45) is 7.87. The maximum Gasteiger partial charge on any atom is 0.0406 e. The van der Waals surface area contributed by atoms with E-state index in [1.54, 1.807) is 0 Å². The van der Waals surface area contributed by atoms with E-state index in [-0.39, 0.29) is 0 Å². The molecule has 24 heavy (non-hydrogen) atoms. The number of allylic oxidation sites excluding steroid dienone is 1. The topological polar surface area (TPSA) is 3.24 Å². The van der Waals surface area contributed by atoms with Gasteiger partial charge in [-0.25, -0.2) is 0 Å². The van der Waals surface area contributed by atoms with Crippen LogP contribution in [0.1, 0.15) is 38.2 Å². The fraction of sp³-hybridized carbons (Fsp3) is 0.364. The van der Waals surface area contributed by atoms with Crippen molar-refractivity contribution in [2.24, 2.45) is 0 Å². The lowest BCUT2D eigenvalue weighted by molar-refractivity contribution is 0.316. The van der Waals surface area contributed by atoms with Gasteiger partial charge in [0.1, 0.15) is 0 Å². The number of nitrogens with zero attached hydrogens (tertiary/aromatic N) is 1. The van der Waals surface area contributed by atoms with Crippen LogP contribution in [0.25, 0.3) is 16.7 Å². The van der Waals surface area contributed by atoms with Crippen LogP contribution in [0, 0.1) is 0 Å². The quantitative estimate of drug-likeness (QED) is 0.633. The normalized spacial score (nSPS) is 16.8. The molecule has 2 aromatic rings. The van der Waals surface area contributed by atoms with Crippen LogP contribution in [0.3, 0.4) is 0 Å². The van der Waals surface area contributed by atoms with E-state index in [1.807, 2.05) is 12.1 Å². The van der Waals surface area contributed by atoms with E-state index in [4.69, 9.17) is 11.6 Å². The highest BCUT2D eigenvalue weighted by molar-refractivity contribution is 6.30. The molecule has 1 nitrogen and oxygen atoms in total. The van der Waals surface area contributed by atoms with E-state index in [0.717, 1.165) is 11.6 Å². The average molecular weight is 340 g/mol. The van der Waals surface area contributed by atoms with Gasteiger partial charge in [0.15, 0.2) is 0 Å². The second kappa shape index (κ2) is 8.50. The molecule has 0 atom stereocenters. The van der Waals surface area contributed by atoms with Gasteiger partial charge in [0.05, 0.1) is 0 Å². The molecule has 0 radical (unpaired) electrons. The van der Waals surface area contributed by atoms with Gasteiger partial charge in [-0.2, -0.15) is 0 Å². The monoisotopic (exact) mass is 339 g/mol. The molecule has 1 aliphatic rings. The van der Waals surface area contributed by atoms with Crippen LogP contribution in [0.15, 0.2) is 54.6 Å². The Bertz CT molecular complexity index is 662. The smallest absolute Gasteiger partial charge is 0.0406 e. The van der Waals surface area contributed by atoms with Crippen molar-refractivity contribution in [2.45, 2.75) is 32.6 Å². The summed E-state index contributed by atoms with van der Waals surface area (Å²) in [5, 5.41) is 0.780. The molecule has 0 aliphatic carbocycles. The van der Waals surface area contributed by atoms with Gasteiger partial charge in [-0.15, -0.1) is 0 Å². The molecule has 3 rings (SSSR count). The van der Waals surface area contributed by atoms with Gasteiger partial charge in [0.2, 0.25) is 0 Å². The van der Waals surface area contributed by atoms with E-state index in [0.29, 0.717) is 0 Å². The molecular formula is C22H26ClN. The molecule has 0 saturated carbocycles. The zero-order valence-corrected chi connectivity index (χ0v) is 15.2. The zero-order valence-electron chi connectivity index (χ0n) is 14.5. The van der Waals surface area contributed by atoms with Crippen molar-refractivity contribution in [3.8, 4) is 11.1 Å². The lowest BCUT2D eigenvalue weighted by Gasteiger charge is -2.18. The highest BCUT2D eigenvalue weighted by Crippen LogP contribution is 2.24. The van der Waals surface area contributed by atoms with Crippen LogP contribution < -0.4 is 0 Å². The van der Waals surface area contributed by atoms with E-state index in [2.05, 4.69) is 54.3 Å². The van der Waals surface area contributed by atoms with Gasteiger partial charge in [0, 0.05) is 11.6 Å². The molecule has 0 bridgehead atoms. The van der Waals surface area contributed by atoms with Crippen LogP contribution in [0.2, 0.25) is 5.02 Å². The van der Waals surface area contributed by atoms with Crippen molar-refractivity contribution in [1.29, 1.82) is 0 Å². The Morgan fingerprint density at radius 3 is 2.00 bits per heavy atom. The summed E-state index contributed by atoms with van der Waals surface area (Å²) in [5.74, 6) is 0. The van der Waals surface area contributed by atoms with Crippen LogP contribution >= 0.6 is 11.6 Å². The fourth-order valence-corrected chi connectivity index (χ4v) is 3.40. The minimum atomic E-state index is 0.780. The van der Waals surface area contributed by atoms with Gasteiger partial charge >= 0.3 is 0 Å². The molecule has 0 amide bonds. The van der Waals surface area contributed by atoms with Crippen LogP contribution in [0.5, 0.6) is 0 Å².